The Labute approximate surface area is 135 Å². The Morgan fingerprint density at radius 2 is 1.87 bits per heavy atom. The van der Waals surface area contributed by atoms with Crippen molar-refractivity contribution >= 4 is 10.1 Å². The van der Waals surface area contributed by atoms with Crippen LogP contribution in [-0.4, -0.2) is 27.7 Å². The maximum atomic E-state index is 12.2. The summed E-state index contributed by atoms with van der Waals surface area (Å²) >= 11 is 0. The average Bonchev–Trinajstić information content (AvgIpc) is 2.54. The summed E-state index contributed by atoms with van der Waals surface area (Å²) in [4.78, 5) is 0.136. The molecule has 0 aliphatic carbocycles. The molecule has 5 nitrogen and oxygen atoms in total. The van der Waals surface area contributed by atoms with Gasteiger partial charge in [0.25, 0.3) is 10.1 Å². The van der Waals surface area contributed by atoms with Gasteiger partial charge in [0, 0.05) is 0 Å². The van der Waals surface area contributed by atoms with E-state index in [1.54, 1.807) is 12.1 Å². The van der Waals surface area contributed by atoms with Crippen LogP contribution in [-0.2, 0) is 14.3 Å². The second-order valence-electron chi connectivity index (χ2n) is 5.50. The Bertz CT molecular complexity index is 796. The van der Waals surface area contributed by atoms with Gasteiger partial charge in [-0.15, -0.1) is 0 Å². The van der Waals surface area contributed by atoms with E-state index in [4.69, 9.17) is 13.7 Å². The number of para-hydroxylation sites is 1. The highest BCUT2D eigenvalue weighted by atomic mass is 32.2. The van der Waals surface area contributed by atoms with Crippen molar-refractivity contribution < 1.29 is 22.1 Å². The Hall–Kier alpha value is -2.05. The number of aryl methyl sites for hydroxylation is 2. The van der Waals surface area contributed by atoms with Gasteiger partial charge in [0.15, 0.2) is 17.6 Å². The normalized spacial score (nSPS) is 17.0. The van der Waals surface area contributed by atoms with Crippen LogP contribution in [0.3, 0.4) is 0 Å². The minimum atomic E-state index is -3.80. The Morgan fingerprint density at radius 1 is 1.13 bits per heavy atom. The molecule has 0 aromatic heterocycles. The minimum absolute atomic E-state index is 0.0933. The zero-order valence-electron chi connectivity index (χ0n) is 13.0. The fourth-order valence-corrected chi connectivity index (χ4v) is 3.23. The molecule has 0 radical (unpaired) electrons. The molecule has 0 bridgehead atoms. The Balaban J connectivity index is 1.67. The van der Waals surface area contributed by atoms with Gasteiger partial charge in [-0.2, -0.15) is 8.42 Å². The van der Waals surface area contributed by atoms with E-state index < -0.39 is 16.2 Å². The lowest BCUT2D eigenvalue weighted by Gasteiger charge is -2.27. The number of benzene rings is 2. The maximum Gasteiger partial charge on any atom is 0.297 e. The van der Waals surface area contributed by atoms with E-state index in [9.17, 15) is 8.42 Å². The number of hydrogen-bond acceptors (Lipinski definition) is 5. The first kappa shape index (κ1) is 15.8. The summed E-state index contributed by atoms with van der Waals surface area (Å²) < 4.78 is 40.9. The zero-order valence-corrected chi connectivity index (χ0v) is 13.8. The molecule has 0 saturated heterocycles. The van der Waals surface area contributed by atoms with Crippen molar-refractivity contribution in [3.63, 3.8) is 0 Å². The van der Waals surface area contributed by atoms with Gasteiger partial charge >= 0.3 is 0 Å². The highest BCUT2D eigenvalue weighted by molar-refractivity contribution is 7.86. The molecule has 0 fully saturated rings. The van der Waals surface area contributed by atoms with E-state index in [0.29, 0.717) is 11.5 Å². The summed E-state index contributed by atoms with van der Waals surface area (Å²) in [5.41, 5.74) is 1.92. The molecule has 1 heterocycles. The van der Waals surface area contributed by atoms with Crippen LogP contribution < -0.4 is 9.47 Å². The molecule has 6 heteroatoms. The highest BCUT2D eigenvalue weighted by Crippen LogP contribution is 2.34. The molecule has 23 heavy (non-hydrogen) atoms. The molecule has 0 saturated carbocycles. The van der Waals surface area contributed by atoms with Gasteiger partial charge < -0.3 is 9.47 Å². The van der Waals surface area contributed by atoms with Crippen LogP contribution in [0.5, 0.6) is 11.5 Å². The van der Waals surface area contributed by atoms with Gasteiger partial charge in [0.05, 0.1) is 4.90 Å². The molecule has 1 aliphatic heterocycles. The van der Waals surface area contributed by atoms with E-state index in [1.165, 1.54) is 12.1 Å². The molecule has 3 rings (SSSR count). The number of fused-ring (bicyclic) bond motifs is 1. The number of hydrogen-bond donors (Lipinski definition) is 0. The minimum Gasteiger partial charge on any atom is -0.486 e. The molecule has 2 aromatic carbocycles. The van der Waals surface area contributed by atoms with Crippen LogP contribution in [0.25, 0.3) is 0 Å². The fraction of sp³-hybridized carbons (Fsp3) is 0.294. The van der Waals surface area contributed by atoms with Gasteiger partial charge in [-0.05, 0) is 37.6 Å². The molecule has 0 amide bonds. The molecule has 1 atom stereocenters. The largest absolute Gasteiger partial charge is 0.486 e. The monoisotopic (exact) mass is 334 g/mol. The predicted octanol–water partition coefficient (Wildman–Crippen LogP) is 2.85. The van der Waals surface area contributed by atoms with Gasteiger partial charge in [0.1, 0.15) is 13.2 Å². The second kappa shape index (κ2) is 6.22. The van der Waals surface area contributed by atoms with Gasteiger partial charge in [-0.25, -0.2) is 0 Å². The fourth-order valence-electron chi connectivity index (χ4n) is 2.29. The smallest absolute Gasteiger partial charge is 0.297 e. The van der Waals surface area contributed by atoms with Crippen LogP contribution in [0, 0.1) is 13.8 Å². The van der Waals surface area contributed by atoms with Crippen LogP contribution in [0.15, 0.2) is 47.4 Å². The van der Waals surface area contributed by atoms with E-state index in [2.05, 4.69) is 0 Å². The lowest BCUT2D eigenvalue weighted by Crippen LogP contribution is -2.34. The summed E-state index contributed by atoms with van der Waals surface area (Å²) in [6.07, 6.45) is -0.469. The maximum absolute atomic E-state index is 12.2. The van der Waals surface area contributed by atoms with Crippen molar-refractivity contribution in [2.75, 3.05) is 13.2 Å². The molecule has 1 aliphatic rings. The third kappa shape index (κ3) is 3.48. The van der Waals surface area contributed by atoms with Crippen molar-refractivity contribution in [3.05, 3.63) is 53.6 Å². The lowest BCUT2D eigenvalue weighted by atomic mass is 10.2. The average molecular weight is 334 g/mol. The van der Waals surface area contributed by atoms with Crippen molar-refractivity contribution in [2.24, 2.45) is 0 Å². The van der Waals surface area contributed by atoms with Crippen LogP contribution in [0.4, 0.5) is 0 Å². The molecule has 0 N–H and O–H groups in total. The second-order valence-corrected chi connectivity index (χ2v) is 7.12. The molecule has 0 unspecified atom stereocenters. The van der Waals surface area contributed by atoms with Gasteiger partial charge in [-0.3, -0.25) is 4.18 Å². The van der Waals surface area contributed by atoms with Crippen molar-refractivity contribution in [2.45, 2.75) is 24.8 Å². The van der Waals surface area contributed by atoms with E-state index >= 15 is 0 Å². The van der Waals surface area contributed by atoms with Crippen LogP contribution in [0.2, 0.25) is 0 Å². The van der Waals surface area contributed by atoms with Crippen molar-refractivity contribution in [3.8, 4) is 11.5 Å². The molecule has 2 aromatic rings. The van der Waals surface area contributed by atoms with Crippen molar-refractivity contribution in [1.82, 2.24) is 0 Å². The number of ether oxygens (including phenoxy) is 2. The van der Waals surface area contributed by atoms with Gasteiger partial charge in [0.2, 0.25) is 0 Å². The third-order valence-electron chi connectivity index (χ3n) is 3.60. The first-order chi connectivity index (χ1) is 11.0. The summed E-state index contributed by atoms with van der Waals surface area (Å²) in [7, 11) is -3.80. The molecular weight excluding hydrogens is 316 g/mol. The van der Waals surface area contributed by atoms with E-state index in [1.807, 2.05) is 32.0 Å². The third-order valence-corrected chi connectivity index (χ3v) is 4.90. The summed E-state index contributed by atoms with van der Waals surface area (Å²) in [6, 6.07) is 12.1. The highest BCUT2D eigenvalue weighted by Gasteiger charge is 2.25. The van der Waals surface area contributed by atoms with Crippen LogP contribution >= 0.6 is 0 Å². The molecule has 122 valence electrons. The van der Waals surface area contributed by atoms with E-state index in [0.717, 1.165) is 11.1 Å². The topological polar surface area (TPSA) is 61.8 Å². The first-order valence-corrected chi connectivity index (χ1v) is 8.72. The molecule has 0 spiro atoms. The van der Waals surface area contributed by atoms with E-state index in [-0.39, 0.29) is 18.1 Å². The van der Waals surface area contributed by atoms with Crippen molar-refractivity contribution in [1.29, 1.82) is 0 Å². The SMILES string of the molecule is Cc1ccc(S(=O)(=O)OC[C@@H]2COc3cccc(C)c3O2)cc1. The van der Waals surface area contributed by atoms with Gasteiger partial charge in [-0.1, -0.05) is 29.8 Å². The lowest BCUT2D eigenvalue weighted by molar-refractivity contribution is 0.0548. The Morgan fingerprint density at radius 3 is 2.61 bits per heavy atom. The summed E-state index contributed by atoms with van der Waals surface area (Å²) in [5, 5.41) is 0. The molecular formula is C17H18O5S. The number of rotatable bonds is 4. The standard InChI is InChI=1S/C17H18O5S/c1-12-6-8-15(9-7-12)23(18,19)21-11-14-10-20-16-5-3-4-13(2)17(16)22-14/h3-9,14H,10-11H2,1-2H3/t14-/m0/s1. The summed E-state index contributed by atoms with van der Waals surface area (Å²) in [6.45, 7) is 3.96. The Kier molecular flexibility index (Phi) is 4.28. The quantitative estimate of drug-likeness (QED) is 0.805. The summed E-state index contributed by atoms with van der Waals surface area (Å²) in [5.74, 6) is 1.31. The zero-order chi connectivity index (χ0) is 16.4. The van der Waals surface area contributed by atoms with Crippen LogP contribution in [0.1, 0.15) is 11.1 Å². The predicted molar refractivity (Wildman–Crippen MR) is 85.4 cm³/mol. The first-order valence-electron chi connectivity index (χ1n) is 7.31.